The highest BCUT2D eigenvalue weighted by Crippen LogP contribution is 2.29. The van der Waals surface area contributed by atoms with Gasteiger partial charge < -0.3 is 15.8 Å². The van der Waals surface area contributed by atoms with Gasteiger partial charge in [0.2, 0.25) is 0 Å². The minimum atomic E-state index is 0.0628. The maximum atomic E-state index is 8.76. The van der Waals surface area contributed by atoms with Gasteiger partial charge in [0.1, 0.15) is 5.69 Å². The molecule has 17 heavy (non-hydrogen) atoms. The van der Waals surface area contributed by atoms with E-state index in [1.54, 1.807) is 6.20 Å². The normalized spacial score (nSPS) is 25.3. The smallest absolute Gasteiger partial charge is 0.190 e. The van der Waals surface area contributed by atoms with Crippen molar-refractivity contribution in [2.75, 3.05) is 18.0 Å². The largest absolute Gasteiger partial charge is 0.409 e. The second-order valence-electron chi connectivity index (χ2n) is 4.72. The van der Waals surface area contributed by atoms with E-state index in [0.717, 1.165) is 18.8 Å². The van der Waals surface area contributed by atoms with E-state index in [1.165, 1.54) is 0 Å². The molecule has 1 saturated heterocycles. The van der Waals surface area contributed by atoms with Crippen molar-refractivity contribution in [2.45, 2.75) is 13.8 Å². The number of hydrogen-bond acceptors (Lipinski definition) is 4. The number of hydrogen-bond donors (Lipinski definition) is 2. The Labute approximate surface area is 101 Å². The number of amidine groups is 1. The van der Waals surface area contributed by atoms with E-state index in [0.29, 0.717) is 17.5 Å². The van der Waals surface area contributed by atoms with Gasteiger partial charge in [-0.1, -0.05) is 19.0 Å². The van der Waals surface area contributed by atoms with Crippen LogP contribution in [0.3, 0.4) is 0 Å². The molecule has 1 aromatic heterocycles. The fourth-order valence-electron chi connectivity index (χ4n) is 2.22. The minimum absolute atomic E-state index is 0.0628. The summed E-state index contributed by atoms with van der Waals surface area (Å²) in [4.78, 5) is 6.43. The quantitative estimate of drug-likeness (QED) is 0.350. The molecule has 2 unspecified atom stereocenters. The van der Waals surface area contributed by atoms with Crippen LogP contribution in [0, 0.1) is 11.8 Å². The van der Waals surface area contributed by atoms with E-state index >= 15 is 0 Å². The van der Waals surface area contributed by atoms with Crippen molar-refractivity contribution < 1.29 is 5.21 Å². The summed E-state index contributed by atoms with van der Waals surface area (Å²) in [5, 5.41) is 11.8. The molecule has 0 amide bonds. The van der Waals surface area contributed by atoms with E-state index < -0.39 is 0 Å². The van der Waals surface area contributed by atoms with Crippen LogP contribution in [0.25, 0.3) is 0 Å². The highest BCUT2D eigenvalue weighted by atomic mass is 16.4. The molecule has 0 radical (unpaired) electrons. The Morgan fingerprint density at radius 1 is 1.47 bits per heavy atom. The number of nitrogens with two attached hydrogens (primary N) is 1. The summed E-state index contributed by atoms with van der Waals surface area (Å²) in [7, 11) is 0. The van der Waals surface area contributed by atoms with Crippen LogP contribution >= 0.6 is 0 Å². The second-order valence-corrected chi connectivity index (χ2v) is 4.72. The summed E-state index contributed by atoms with van der Waals surface area (Å²) in [6.07, 6.45) is 1.65. The van der Waals surface area contributed by atoms with E-state index in [4.69, 9.17) is 10.9 Å². The number of rotatable bonds is 2. The lowest BCUT2D eigenvalue weighted by atomic mass is 10.0. The van der Waals surface area contributed by atoms with Crippen LogP contribution < -0.4 is 10.6 Å². The highest BCUT2D eigenvalue weighted by molar-refractivity contribution is 6.00. The van der Waals surface area contributed by atoms with Gasteiger partial charge in [-0.3, -0.25) is 4.98 Å². The van der Waals surface area contributed by atoms with Gasteiger partial charge >= 0.3 is 0 Å². The minimum Gasteiger partial charge on any atom is -0.409 e. The van der Waals surface area contributed by atoms with Crippen molar-refractivity contribution in [1.82, 2.24) is 4.98 Å². The molecular formula is C12H18N4O. The van der Waals surface area contributed by atoms with Gasteiger partial charge in [0.25, 0.3) is 0 Å². The SMILES string of the molecule is CC1CN(c2cccnc2/C(N)=N/O)CC1C. The average Bonchev–Trinajstić information content (AvgIpc) is 2.68. The third kappa shape index (κ3) is 2.18. The number of oxime groups is 1. The molecule has 0 aliphatic carbocycles. The molecule has 0 aromatic carbocycles. The van der Waals surface area contributed by atoms with E-state index in [-0.39, 0.29) is 5.84 Å². The van der Waals surface area contributed by atoms with Crippen LogP contribution in [-0.4, -0.2) is 29.1 Å². The Kier molecular flexibility index (Phi) is 3.17. The number of pyridine rings is 1. The molecule has 0 spiro atoms. The molecule has 2 rings (SSSR count). The zero-order chi connectivity index (χ0) is 12.4. The van der Waals surface area contributed by atoms with Gasteiger partial charge in [0, 0.05) is 19.3 Å². The Hall–Kier alpha value is -1.78. The van der Waals surface area contributed by atoms with Crippen molar-refractivity contribution in [3.63, 3.8) is 0 Å². The topological polar surface area (TPSA) is 74.7 Å². The van der Waals surface area contributed by atoms with Crippen molar-refractivity contribution in [3.8, 4) is 0 Å². The standard InChI is InChI=1S/C12H18N4O/c1-8-6-16(7-9(8)2)10-4-3-5-14-11(10)12(13)15-17/h3-5,8-9,17H,6-7H2,1-2H3,(H2,13,15). The molecule has 1 aromatic rings. The maximum absolute atomic E-state index is 8.76. The third-order valence-corrected chi connectivity index (χ3v) is 3.47. The fourth-order valence-corrected chi connectivity index (χ4v) is 2.22. The molecule has 92 valence electrons. The summed E-state index contributed by atoms with van der Waals surface area (Å²) < 4.78 is 0. The number of aromatic nitrogens is 1. The zero-order valence-electron chi connectivity index (χ0n) is 10.2. The summed E-state index contributed by atoms with van der Waals surface area (Å²) in [5.41, 5.74) is 7.14. The van der Waals surface area contributed by atoms with Gasteiger partial charge in [0.05, 0.1) is 5.69 Å². The maximum Gasteiger partial charge on any atom is 0.190 e. The number of nitrogens with zero attached hydrogens (tertiary/aromatic N) is 3. The molecule has 1 aliphatic heterocycles. The Morgan fingerprint density at radius 2 is 2.12 bits per heavy atom. The first kappa shape index (κ1) is 11.7. The summed E-state index contributed by atoms with van der Waals surface area (Å²) in [5.74, 6) is 1.36. The van der Waals surface area contributed by atoms with Crippen LogP contribution in [0.4, 0.5) is 5.69 Å². The van der Waals surface area contributed by atoms with Gasteiger partial charge in [-0.25, -0.2) is 0 Å². The Morgan fingerprint density at radius 3 is 2.71 bits per heavy atom. The predicted molar refractivity (Wildman–Crippen MR) is 67.3 cm³/mol. The van der Waals surface area contributed by atoms with E-state index in [2.05, 4.69) is 28.9 Å². The molecule has 5 nitrogen and oxygen atoms in total. The van der Waals surface area contributed by atoms with Crippen LogP contribution in [0.5, 0.6) is 0 Å². The van der Waals surface area contributed by atoms with Crippen LogP contribution in [0.15, 0.2) is 23.5 Å². The molecule has 1 fully saturated rings. The summed E-state index contributed by atoms with van der Waals surface area (Å²) in [6.45, 7) is 6.45. The summed E-state index contributed by atoms with van der Waals surface area (Å²) >= 11 is 0. The monoisotopic (exact) mass is 234 g/mol. The van der Waals surface area contributed by atoms with Crippen molar-refractivity contribution in [3.05, 3.63) is 24.0 Å². The van der Waals surface area contributed by atoms with E-state index in [9.17, 15) is 0 Å². The molecule has 5 heteroatoms. The average molecular weight is 234 g/mol. The summed E-state index contributed by atoms with van der Waals surface area (Å²) in [6, 6.07) is 3.84. The Bertz CT molecular complexity index is 422. The third-order valence-electron chi connectivity index (χ3n) is 3.47. The highest BCUT2D eigenvalue weighted by Gasteiger charge is 2.28. The van der Waals surface area contributed by atoms with Crippen molar-refractivity contribution in [1.29, 1.82) is 0 Å². The molecule has 2 heterocycles. The van der Waals surface area contributed by atoms with Gasteiger partial charge in [-0.15, -0.1) is 0 Å². The first-order chi connectivity index (χ1) is 8.13. The van der Waals surface area contributed by atoms with E-state index in [1.807, 2.05) is 12.1 Å². The Balaban J connectivity index is 2.33. The molecule has 0 bridgehead atoms. The fraction of sp³-hybridized carbons (Fsp3) is 0.500. The lowest BCUT2D eigenvalue weighted by molar-refractivity contribution is 0.318. The van der Waals surface area contributed by atoms with Gasteiger partial charge in [-0.2, -0.15) is 0 Å². The van der Waals surface area contributed by atoms with Gasteiger partial charge in [-0.05, 0) is 24.0 Å². The van der Waals surface area contributed by atoms with Crippen molar-refractivity contribution >= 4 is 11.5 Å². The van der Waals surface area contributed by atoms with Crippen LogP contribution in [0.2, 0.25) is 0 Å². The van der Waals surface area contributed by atoms with Gasteiger partial charge in [0.15, 0.2) is 5.84 Å². The first-order valence-electron chi connectivity index (χ1n) is 5.81. The number of anilines is 1. The second kappa shape index (κ2) is 4.61. The molecule has 0 saturated carbocycles. The lowest BCUT2D eigenvalue weighted by Crippen LogP contribution is -2.25. The zero-order valence-corrected chi connectivity index (χ0v) is 10.2. The van der Waals surface area contributed by atoms with Crippen LogP contribution in [0.1, 0.15) is 19.5 Å². The molecule has 1 aliphatic rings. The van der Waals surface area contributed by atoms with Crippen LogP contribution in [-0.2, 0) is 0 Å². The molecule has 2 atom stereocenters. The molecular weight excluding hydrogens is 216 g/mol. The molecule has 3 N–H and O–H groups in total. The lowest BCUT2D eigenvalue weighted by Gasteiger charge is -2.20. The van der Waals surface area contributed by atoms with Crippen molar-refractivity contribution in [2.24, 2.45) is 22.7 Å². The first-order valence-corrected chi connectivity index (χ1v) is 5.81. The predicted octanol–water partition coefficient (Wildman–Crippen LogP) is 1.27.